The second-order valence-electron chi connectivity index (χ2n) is 6.00. The van der Waals surface area contributed by atoms with E-state index in [4.69, 9.17) is 4.43 Å². The average Bonchev–Trinajstić information content (AvgIpc) is 2.15. The lowest BCUT2D eigenvalue weighted by Gasteiger charge is -2.40. The SMILES string of the molecule is C[C@@H](/C=C/I)[C@H](CC=O)O[Si](C)(C)C(C)(C)C. The van der Waals surface area contributed by atoms with E-state index in [9.17, 15) is 4.79 Å². The van der Waals surface area contributed by atoms with Gasteiger partial charge < -0.3 is 9.22 Å². The van der Waals surface area contributed by atoms with Crippen LogP contribution in [0.1, 0.15) is 34.1 Å². The van der Waals surface area contributed by atoms with Crippen molar-refractivity contribution in [3.63, 3.8) is 0 Å². The molecule has 0 rings (SSSR count). The maximum absolute atomic E-state index is 10.8. The maximum atomic E-state index is 10.8. The van der Waals surface area contributed by atoms with Crippen LogP contribution < -0.4 is 0 Å². The number of carbonyl (C=O) groups is 1. The number of aldehydes is 1. The Balaban J connectivity index is 4.81. The lowest BCUT2D eigenvalue weighted by Crippen LogP contribution is -2.45. The summed E-state index contributed by atoms with van der Waals surface area (Å²) in [6.45, 7) is 13.2. The summed E-state index contributed by atoms with van der Waals surface area (Å²) in [6.07, 6.45) is 3.56. The van der Waals surface area contributed by atoms with Gasteiger partial charge in [-0.15, -0.1) is 0 Å². The van der Waals surface area contributed by atoms with Crippen LogP contribution in [0.2, 0.25) is 18.1 Å². The Morgan fingerprint density at radius 3 is 2.24 bits per heavy atom. The molecule has 0 aromatic heterocycles. The second-order valence-corrected chi connectivity index (χ2v) is 11.5. The van der Waals surface area contributed by atoms with Crippen molar-refractivity contribution >= 4 is 37.2 Å². The predicted molar refractivity (Wildman–Crippen MR) is 85.1 cm³/mol. The zero-order chi connectivity index (χ0) is 13.7. The minimum absolute atomic E-state index is 0.0133. The van der Waals surface area contributed by atoms with Gasteiger partial charge in [-0.1, -0.05) is 56.4 Å². The van der Waals surface area contributed by atoms with Gasteiger partial charge in [0.25, 0.3) is 0 Å². The topological polar surface area (TPSA) is 26.3 Å². The second kappa shape index (κ2) is 7.04. The molecule has 0 aliphatic rings. The van der Waals surface area contributed by atoms with Gasteiger partial charge in [-0.25, -0.2) is 0 Å². The van der Waals surface area contributed by atoms with Crippen molar-refractivity contribution in [1.82, 2.24) is 0 Å². The number of hydrogen-bond acceptors (Lipinski definition) is 2. The first kappa shape index (κ1) is 17.3. The van der Waals surface area contributed by atoms with E-state index in [1.54, 1.807) is 0 Å². The van der Waals surface area contributed by atoms with Crippen molar-refractivity contribution in [2.24, 2.45) is 5.92 Å². The van der Waals surface area contributed by atoms with Gasteiger partial charge in [-0.2, -0.15) is 0 Å². The first-order valence-corrected chi connectivity index (χ1v) is 10.2. The van der Waals surface area contributed by atoms with Crippen LogP contribution in [0.4, 0.5) is 0 Å². The van der Waals surface area contributed by atoms with Crippen LogP contribution in [0.3, 0.4) is 0 Å². The molecule has 0 saturated carbocycles. The van der Waals surface area contributed by atoms with E-state index in [2.05, 4.69) is 69.5 Å². The lowest BCUT2D eigenvalue weighted by molar-refractivity contribution is -0.109. The molecule has 0 spiro atoms. The summed E-state index contributed by atoms with van der Waals surface area (Å²) in [5, 5.41) is 0.182. The molecule has 0 fully saturated rings. The Labute approximate surface area is 120 Å². The minimum Gasteiger partial charge on any atom is -0.413 e. The molecular weight excluding hydrogens is 343 g/mol. The predicted octanol–water partition coefficient (Wildman–Crippen LogP) is 4.55. The molecule has 0 bridgehead atoms. The van der Waals surface area contributed by atoms with Gasteiger partial charge in [0.1, 0.15) is 6.29 Å². The van der Waals surface area contributed by atoms with Crippen molar-refractivity contribution in [3.05, 3.63) is 10.2 Å². The molecule has 0 unspecified atom stereocenters. The van der Waals surface area contributed by atoms with Crippen LogP contribution in [0.5, 0.6) is 0 Å². The van der Waals surface area contributed by atoms with Crippen molar-refractivity contribution in [3.8, 4) is 0 Å². The summed E-state index contributed by atoms with van der Waals surface area (Å²) >= 11 is 2.20. The van der Waals surface area contributed by atoms with Crippen LogP contribution in [-0.4, -0.2) is 20.7 Å². The van der Waals surface area contributed by atoms with Crippen LogP contribution in [0.25, 0.3) is 0 Å². The van der Waals surface area contributed by atoms with Gasteiger partial charge in [-0.05, 0) is 22.2 Å². The normalized spacial score (nSPS) is 17.1. The third-order valence-corrected chi connectivity index (χ3v) is 8.46. The van der Waals surface area contributed by atoms with E-state index in [0.717, 1.165) is 6.29 Å². The van der Waals surface area contributed by atoms with Crippen LogP contribution in [0.15, 0.2) is 10.2 Å². The minimum atomic E-state index is -1.79. The number of rotatable bonds is 6. The standard InChI is InChI=1S/C13H25IO2Si/c1-11(7-9-14)12(8-10-15)16-17(5,6)13(2,3)4/h7,9-12H,8H2,1-6H3/b9-7+/t11-,12-/m0/s1. The van der Waals surface area contributed by atoms with Crippen LogP contribution in [0, 0.1) is 5.92 Å². The van der Waals surface area contributed by atoms with E-state index in [1.165, 1.54) is 0 Å². The fraction of sp³-hybridized carbons (Fsp3) is 0.769. The van der Waals surface area contributed by atoms with E-state index < -0.39 is 8.32 Å². The molecule has 2 atom stereocenters. The lowest BCUT2D eigenvalue weighted by atomic mass is 10.0. The van der Waals surface area contributed by atoms with Gasteiger partial charge in [0.15, 0.2) is 8.32 Å². The molecule has 0 aliphatic carbocycles. The third kappa shape index (κ3) is 5.66. The molecule has 100 valence electrons. The van der Waals surface area contributed by atoms with Crippen molar-refractivity contribution in [1.29, 1.82) is 0 Å². The largest absolute Gasteiger partial charge is 0.413 e. The summed E-state index contributed by atoms with van der Waals surface area (Å²) in [4.78, 5) is 10.8. The Hall–Kier alpha value is 0.317. The Morgan fingerprint density at radius 1 is 1.35 bits per heavy atom. The fourth-order valence-corrected chi connectivity index (χ4v) is 3.34. The summed E-state index contributed by atoms with van der Waals surface area (Å²) in [5.41, 5.74) is 0. The third-order valence-electron chi connectivity index (χ3n) is 3.54. The molecule has 0 aromatic carbocycles. The number of hydrogen-bond donors (Lipinski definition) is 0. The van der Waals surface area contributed by atoms with Gasteiger partial charge in [0.2, 0.25) is 0 Å². The molecule has 2 nitrogen and oxygen atoms in total. The summed E-state index contributed by atoms with van der Waals surface area (Å²) < 4.78 is 8.31. The molecule has 17 heavy (non-hydrogen) atoms. The molecule has 0 radical (unpaired) electrons. The highest BCUT2D eigenvalue weighted by atomic mass is 127. The molecule has 0 amide bonds. The van der Waals surface area contributed by atoms with Crippen molar-refractivity contribution < 1.29 is 9.22 Å². The highest BCUT2D eigenvalue weighted by Gasteiger charge is 2.39. The smallest absolute Gasteiger partial charge is 0.192 e. The monoisotopic (exact) mass is 368 g/mol. The first-order chi connectivity index (χ1) is 7.65. The van der Waals surface area contributed by atoms with Crippen LogP contribution in [-0.2, 0) is 9.22 Å². The highest BCUT2D eigenvalue weighted by molar-refractivity contribution is 14.1. The highest BCUT2D eigenvalue weighted by Crippen LogP contribution is 2.38. The molecule has 0 aliphatic heterocycles. The molecule has 4 heteroatoms. The molecule has 0 saturated heterocycles. The molecule has 0 N–H and O–H groups in total. The Bertz CT molecular complexity index is 269. The zero-order valence-electron chi connectivity index (χ0n) is 11.8. The van der Waals surface area contributed by atoms with Crippen molar-refractivity contribution in [2.75, 3.05) is 0 Å². The molecule has 0 heterocycles. The van der Waals surface area contributed by atoms with Gasteiger partial charge in [0.05, 0.1) is 6.10 Å². The average molecular weight is 368 g/mol. The van der Waals surface area contributed by atoms with Crippen LogP contribution >= 0.6 is 22.6 Å². The van der Waals surface area contributed by atoms with Gasteiger partial charge in [-0.3, -0.25) is 0 Å². The number of carbonyl (C=O) groups excluding carboxylic acids is 1. The fourth-order valence-electron chi connectivity index (χ4n) is 1.26. The van der Waals surface area contributed by atoms with E-state index >= 15 is 0 Å². The van der Waals surface area contributed by atoms with E-state index in [0.29, 0.717) is 6.42 Å². The van der Waals surface area contributed by atoms with E-state index in [-0.39, 0.29) is 17.1 Å². The zero-order valence-corrected chi connectivity index (χ0v) is 14.9. The Morgan fingerprint density at radius 2 is 1.88 bits per heavy atom. The molecular formula is C13H25IO2Si. The summed E-state index contributed by atoms with van der Waals surface area (Å²) in [5.74, 6) is 0.284. The maximum Gasteiger partial charge on any atom is 0.192 e. The number of halogens is 1. The van der Waals surface area contributed by atoms with Crippen molar-refractivity contribution in [2.45, 2.75) is 58.4 Å². The summed E-state index contributed by atoms with van der Waals surface area (Å²) in [6, 6.07) is 0. The van der Waals surface area contributed by atoms with Gasteiger partial charge >= 0.3 is 0 Å². The van der Waals surface area contributed by atoms with Gasteiger partial charge in [0, 0.05) is 12.3 Å². The Kier molecular flexibility index (Phi) is 7.17. The summed E-state index contributed by atoms with van der Waals surface area (Å²) in [7, 11) is -1.79. The first-order valence-electron chi connectivity index (χ1n) is 6.04. The molecule has 0 aromatic rings. The quantitative estimate of drug-likeness (QED) is 0.391. The van der Waals surface area contributed by atoms with E-state index in [1.807, 2.05) is 4.08 Å².